The SMILES string of the molecule is CSCCC(NC(=O)c1ccccc1)C(=O)OCC(=O)NC1(C#N)CCCC1. The van der Waals surface area contributed by atoms with E-state index in [1.807, 2.05) is 6.26 Å². The van der Waals surface area contributed by atoms with Gasteiger partial charge in [0.15, 0.2) is 6.61 Å². The lowest BCUT2D eigenvalue weighted by Gasteiger charge is -2.22. The molecule has 1 aromatic carbocycles. The number of nitrogens with one attached hydrogen (secondary N) is 2. The summed E-state index contributed by atoms with van der Waals surface area (Å²) >= 11 is 1.54. The zero-order valence-corrected chi connectivity index (χ0v) is 16.7. The summed E-state index contributed by atoms with van der Waals surface area (Å²) in [4.78, 5) is 36.9. The van der Waals surface area contributed by atoms with E-state index in [0.717, 1.165) is 12.8 Å². The van der Waals surface area contributed by atoms with Crippen molar-refractivity contribution in [2.24, 2.45) is 0 Å². The second-order valence-electron chi connectivity index (χ2n) is 6.73. The van der Waals surface area contributed by atoms with Crippen molar-refractivity contribution in [3.8, 4) is 6.07 Å². The van der Waals surface area contributed by atoms with E-state index in [0.29, 0.717) is 30.6 Å². The highest BCUT2D eigenvalue weighted by Crippen LogP contribution is 2.28. The van der Waals surface area contributed by atoms with Crippen LogP contribution in [-0.2, 0) is 14.3 Å². The number of thioether (sulfide) groups is 1. The lowest BCUT2D eigenvalue weighted by molar-refractivity contribution is -0.150. The van der Waals surface area contributed by atoms with Crippen molar-refractivity contribution in [1.82, 2.24) is 10.6 Å². The second-order valence-corrected chi connectivity index (χ2v) is 7.72. The highest BCUT2D eigenvalue weighted by atomic mass is 32.2. The van der Waals surface area contributed by atoms with Crippen LogP contribution in [0.2, 0.25) is 0 Å². The van der Waals surface area contributed by atoms with Gasteiger partial charge in [-0.25, -0.2) is 4.79 Å². The zero-order chi connectivity index (χ0) is 20.4. The van der Waals surface area contributed by atoms with E-state index < -0.39 is 30.1 Å². The minimum atomic E-state index is -0.858. The number of carbonyl (C=O) groups excluding carboxylic acids is 3. The summed E-state index contributed by atoms with van der Waals surface area (Å²) in [5.74, 6) is -0.887. The fraction of sp³-hybridized carbons (Fsp3) is 0.500. The molecular formula is C20H25N3O4S. The fourth-order valence-electron chi connectivity index (χ4n) is 3.10. The summed E-state index contributed by atoms with van der Waals surface area (Å²) in [5, 5.41) is 14.7. The topological polar surface area (TPSA) is 108 Å². The van der Waals surface area contributed by atoms with Crippen molar-refractivity contribution >= 4 is 29.5 Å². The van der Waals surface area contributed by atoms with Crippen molar-refractivity contribution in [1.29, 1.82) is 5.26 Å². The van der Waals surface area contributed by atoms with E-state index in [9.17, 15) is 19.6 Å². The summed E-state index contributed by atoms with van der Waals surface area (Å²) < 4.78 is 5.12. The molecule has 2 N–H and O–H groups in total. The van der Waals surface area contributed by atoms with Gasteiger partial charge < -0.3 is 15.4 Å². The summed E-state index contributed by atoms with van der Waals surface area (Å²) in [5.41, 5.74) is -0.414. The summed E-state index contributed by atoms with van der Waals surface area (Å²) in [6.45, 7) is -0.473. The van der Waals surface area contributed by atoms with Gasteiger partial charge in [-0.2, -0.15) is 17.0 Å². The first-order valence-corrected chi connectivity index (χ1v) is 10.6. The third kappa shape index (κ3) is 6.27. The first-order valence-electron chi connectivity index (χ1n) is 9.23. The van der Waals surface area contributed by atoms with E-state index >= 15 is 0 Å². The quantitative estimate of drug-likeness (QED) is 0.611. The van der Waals surface area contributed by atoms with E-state index in [1.165, 1.54) is 0 Å². The molecule has 0 aromatic heterocycles. The van der Waals surface area contributed by atoms with Gasteiger partial charge in [-0.1, -0.05) is 18.2 Å². The van der Waals surface area contributed by atoms with Gasteiger partial charge >= 0.3 is 5.97 Å². The van der Waals surface area contributed by atoms with Crippen LogP contribution in [-0.4, -0.2) is 48.0 Å². The van der Waals surface area contributed by atoms with Gasteiger partial charge in [0, 0.05) is 5.56 Å². The molecule has 0 heterocycles. The molecule has 8 heteroatoms. The average Bonchev–Trinajstić information content (AvgIpc) is 3.18. The van der Waals surface area contributed by atoms with Gasteiger partial charge in [0.1, 0.15) is 11.6 Å². The molecule has 0 saturated heterocycles. The number of nitrogens with zero attached hydrogens (tertiary/aromatic N) is 1. The average molecular weight is 404 g/mol. The molecule has 0 radical (unpaired) electrons. The number of benzene rings is 1. The predicted molar refractivity (Wildman–Crippen MR) is 107 cm³/mol. The maximum absolute atomic E-state index is 12.4. The Kier molecular flexibility index (Phi) is 8.33. The Morgan fingerprint density at radius 3 is 2.54 bits per heavy atom. The molecule has 1 saturated carbocycles. The normalized spacial score (nSPS) is 15.9. The molecule has 1 atom stereocenters. The van der Waals surface area contributed by atoms with Gasteiger partial charge in [-0.3, -0.25) is 9.59 Å². The molecule has 2 amide bonds. The molecule has 28 heavy (non-hydrogen) atoms. The highest BCUT2D eigenvalue weighted by molar-refractivity contribution is 7.98. The highest BCUT2D eigenvalue weighted by Gasteiger charge is 2.35. The summed E-state index contributed by atoms with van der Waals surface area (Å²) in [6.07, 6.45) is 5.27. The second kappa shape index (κ2) is 10.7. The Morgan fingerprint density at radius 2 is 1.93 bits per heavy atom. The van der Waals surface area contributed by atoms with Gasteiger partial charge in [0.05, 0.1) is 6.07 Å². The number of rotatable bonds is 9. The molecular weight excluding hydrogens is 378 g/mol. The Bertz CT molecular complexity index is 727. The largest absolute Gasteiger partial charge is 0.454 e. The fourth-order valence-corrected chi connectivity index (χ4v) is 3.57. The molecule has 2 rings (SSSR count). The van der Waals surface area contributed by atoms with Crippen molar-refractivity contribution in [3.63, 3.8) is 0 Å². The Balaban J connectivity index is 1.90. The molecule has 150 valence electrons. The maximum atomic E-state index is 12.4. The molecule has 0 bridgehead atoms. The van der Waals surface area contributed by atoms with Gasteiger partial charge in [0.2, 0.25) is 0 Å². The molecule has 0 spiro atoms. The van der Waals surface area contributed by atoms with E-state index in [-0.39, 0.29) is 5.91 Å². The summed E-state index contributed by atoms with van der Waals surface area (Å²) in [6, 6.07) is 9.90. The van der Waals surface area contributed by atoms with Gasteiger partial charge in [0.25, 0.3) is 11.8 Å². The maximum Gasteiger partial charge on any atom is 0.329 e. The molecule has 7 nitrogen and oxygen atoms in total. The molecule has 1 fully saturated rings. The smallest absolute Gasteiger partial charge is 0.329 e. The predicted octanol–water partition coefficient (Wildman–Crippen LogP) is 2.03. The number of carbonyl (C=O) groups is 3. The number of esters is 1. The Labute approximate surface area is 169 Å². The van der Waals surface area contributed by atoms with Crippen LogP contribution in [0.3, 0.4) is 0 Å². The van der Waals surface area contributed by atoms with Crippen LogP contribution in [0.1, 0.15) is 42.5 Å². The molecule has 1 unspecified atom stereocenters. The third-order valence-electron chi connectivity index (χ3n) is 4.63. The molecule has 0 aliphatic heterocycles. The van der Waals surface area contributed by atoms with E-state index in [4.69, 9.17) is 4.74 Å². The van der Waals surface area contributed by atoms with Crippen LogP contribution < -0.4 is 10.6 Å². The first-order chi connectivity index (χ1) is 13.5. The van der Waals surface area contributed by atoms with Gasteiger partial charge in [-0.15, -0.1) is 0 Å². The summed E-state index contributed by atoms with van der Waals surface area (Å²) in [7, 11) is 0. The van der Waals surface area contributed by atoms with Crippen molar-refractivity contribution in [2.75, 3.05) is 18.6 Å². The van der Waals surface area contributed by atoms with E-state index in [1.54, 1.807) is 42.1 Å². The van der Waals surface area contributed by atoms with Crippen LogP contribution in [0.25, 0.3) is 0 Å². The van der Waals surface area contributed by atoms with E-state index in [2.05, 4.69) is 16.7 Å². The molecule has 1 aliphatic rings. The zero-order valence-electron chi connectivity index (χ0n) is 15.9. The lowest BCUT2D eigenvalue weighted by Crippen LogP contribution is -2.48. The van der Waals surface area contributed by atoms with Crippen LogP contribution in [0, 0.1) is 11.3 Å². The molecule has 1 aromatic rings. The third-order valence-corrected chi connectivity index (χ3v) is 5.28. The Hall–Kier alpha value is -2.53. The van der Waals surface area contributed by atoms with Gasteiger partial charge in [-0.05, 0) is 56.2 Å². The number of ether oxygens (including phenoxy) is 1. The monoisotopic (exact) mass is 403 g/mol. The molecule has 1 aliphatic carbocycles. The first kappa shape index (κ1) is 21.8. The number of hydrogen-bond acceptors (Lipinski definition) is 6. The van der Waals surface area contributed by atoms with Crippen LogP contribution in [0.4, 0.5) is 0 Å². The number of amides is 2. The van der Waals surface area contributed by atoms with Crippen molar-refractivity contribution < 1.29 is 19.1 Å². The van der Waals surface area contributed by atoms with Crippen LogP contribution >= 0.6 is 11.8 Å². The Morgan fingerprint density at radius 1 is 1.25 bits per heavy atom. The minimum Gasteiger partial charge on any atom is -0.454 e. The lowest BCUT2D eigenvalue weighted by atomic mass is 10.00. The standard InChI is InChI=1S/C20H25N3O4S/c1-28-12-9-16(22-18(25)15-7-3-2-4-8-15)19(26)27-13-17(24)23-20(14-21)10-5-6-11-20/h2-4,7-8,16H,5-6,9-13H2,1H3,(H,22,25)(H,23,24). The van der Waals surface area contributed by atoms with Crippen LogP contribution in [0.5, 0.6) is 0 Å². The van der Waals surface area contributed by atoms with Crippen molar-refractivity contribution in [3.05, 3.63) is 35.9 Å². The number of hydrogen-bond donors (Lipinski definition) is 2. The van der Waals surface area contributed by atoms with Crippen LogP contribution in [0.15, 0.2) is 30.3 Å². The minimum absolute atomic E-state index is 0.373. The number of nitriles is 1. The van der Waals surface area contributed by atoms with Crippen molar-refractivity contribution in [2.45, 2.75) is 43.7 Å².